The minimum atomic E-state index is -0.146. The summed E-state index contributed by atoms with van der Waals surface area (Å²) < 4.78 is 21.6. The van der Waals surface area contributed by atoms with Crippen molar-refractivity contribution in [2.45, 2.75) is 17.0 Å². The molecule has 2 rings (SSSR count). The van der Waals surface area contributed by atoms with E-state index in [1.54, 1.807) is 18.9 Å². The van der Waals surface area contributed by atoms with Gasteiger partial charge in [-0.15, -0.1) is 11.8 Å². The van der Waals surface area contributed by atoms with E-state index in [1.807, 2.05) is 18.4 Å². The second kappa shape index (κ2) is 7.04. The van der Waals surface area contributed by atoms with Crippen LogP contribution >= 0.6 is 20.2 Å². The van der Waals surface area contributed by atoms with Crippen LogP contribution in [0.4, 0.5) is 0 Å². The molecule has 6 heteroatoms. The van der Waals surface area contributed by atoms with Gasteiger partial charge < -0.3 is 9.47 Å². The Labute approximate surface area is 118 Å². The molecule has 1 aromatic carbocycles. The van der Waals surface area contributed by atoms with Gasteiger partial charge in [-0.1, -0.05) is 12.1 Å². The molecule has 1 aromatic rings. The molecule has 1 aliphatic rings. The van der Waals surface area contributed by atoms with Gasteiger partial charge in [0.1, 0.15) is 18.3 Å². The van der Waals surface area contributed by atoms with Crippen molar-refractivity contribution in [1.29, 1.82) is 0 Å². The Kier molecular flexibility index (Phi) is 5.37. The third-order valence-corrected chi connectivity index (χ3v) is 4.05. The summed E-state index contributed by atoms with van der Waals surface area (Å²) in [7, 11) is 1.67. The van der Waals surface area contributed by atoms with Gasteiger partial charge in [0.25, 0.3) is 0 Å². The van der Waals surface area contributed by atoms with Crippen molar-refractivity contribution in [1.82, 2.24) is 0 Å². The molecule has 0 fully saturated rings. The van der Waals surface area contributed by atoms with Crippen LogP contribution in [0, 0.1) is 0 Å². The number of hydrogen-bond donors (Lipinski definition) is 0. The molecule has 102 valence electrons. The Morgan fingerprint density at radius 1 is 1.42 bits per heavy atom. The summed E-state index contributed by atoms with van der Waals surface area (Å²) in [6.07, 6.45) is 2.22. The van der Waals surface area contributed by atoms with Crippen molar-refractivity contribution in [3.05, 3.63) is 29.8 Å². The Bertz CT molecular complexity index is 463. The van der Waals surface area contributed by atoms with Gasteiger partial charge in [0.15, 0.2) is 14.4 Å². The lowest BCUT2D eigenvalue weighted by molar-refractivity contribution is 0.120. The van der Waals surface area contributed by atoms with Gasteiger partial charge in [-0.05, 0) is 24.0 Å². The Balaban J connectivity index is 2.15. The first-order chi connectivity index (χ1) is 9.28. The quantitative estimate of drug-likeness (QED) is 0.597. The highest BCUT2D eigenvalue weighted by Crippen LogP contribution is 2.31. The maximum absolute atomic E-state index is 10.7. The van der Waals surface area contributed by atoms with E-state index in [0.29, 0.717) is 18.7 Å². The number of aliphatic imine (C=N–C) groups is 1. The minimum Gasteiger partial charge on any atom is -0.470 e. The van der Waals surface area contributed by atoms with E-state index in [4.69, 9.17) is 9.47 Å². The Hall–Kier alpha value is -0.900. The van der Waals surface area contributed by atoms with E-state index in [1.165, 1.54) is 4.90 Å². The van der Waals surface area contributed by atoms with Crippen LogP contribution < -0.4 is 0 Å². The fourth-order valence-corrected chi connectivity index (χ4v) is 2.70. The molecule has 19 heavy (non-hydrogen) atoms. The number of nitrogens with zero attached hydrogens (tertiary/aromatic N) is 1. The van der Waals surface area contributed by atoms with E-state index >= 15 is 0 Å². The standard InChI is InChI=1S/C13H16NO3PS/c1-16-7-11-13(17-12(14-11)8-18-15)9-3-5-10(19-2)6-4-9/h3-6,11,13H,7-8H2,1-2H3. The molecule has 0 amide bonds. The topological polar surface area (TPSA) is 47.9 Å². The van der Waals surface area contributed by atoms with Gasteiger partial charge in [-0.25, -0.2) is 4.99 Å². The normalized spacial score (nSPS) is 22.3. The molecule has 0 aromatic heterocycles. The summed E-state index contributed by atoms with van der Waals surface area (Å²) >= 11 is 1.70. The molecule has 2 atom stereocenters. The zero-order valence-corrected chi connectivity index (χ0v) is 12.6. The molecule has 0 saturated carbocycles. The lowest BCUT2D eigenvalue weighted by Crippen LogP contribution is -2.19. The highest BCUT2D eigenvalue weighted by molar-refractivity contribution is 7.98. The highest BCUT2D eigenvalue weighted by atomic mass is 32.2. The van der Waals surface area contributed by atoms with Crippen molar-refractivity contribution < 1.29 is 14.0 Å². The second-order valence-corrected chi connectivity index (χ2v) is 5.60. The smallest absolute Gasteiger partial charge is 0.196 e. The second-order valence-electron chi connectivity index (χ2n) is 4.14. The fourth-order valence-electron chi connectivity index (χ4n) is 2.02. The maximum atomic E-state index is 10.7. The minimum absolute atomic E-state index is 0.0256. The first kappa shape index (κ1) is 14.5. The summed E-state index contributed by atoms with van der Waals surface area (Å²) in [6, 6.07) is 8.16. The number of thioether (sulfide) groups is 1. The average molecular weight is 297 g/mol. The summed E-state index contributed by atoms with van der Waals surface area (Å²) in [5.41, 5.74) is 1.07. The van der Waals surface area contributed by atoms with Crippen molar-refractivity contribution in [3.8, 4) is 0 Å². The predicted molar refractivity (Wildman–Crippen MR) is 77.6 cm³/mol. The average Bonchev–Trinajstić information content (AvgIpc) is 2.83. The summed E-state index contributed by atoms with van der Waals surface area (Å²) in [5.74, 6) is 0.539. The van der Waals surface area contributed by atoms with Crippen LogP contribution in [-0.4, -0.2) is 38.1 Å². The van der Waals surface area contributed by atoms with E-state index in [-0.39, 0.29) is 20.6 Å². The summed E-state index contributed by atoms with van der Waals surface area (Å²) in [4.78, 5) is 5.64. The number of hydrogen-bond acceptors (Lipinski definition) is 5. The summed E-state index contributed by atoms with van der Waals surface area (Å²) in [5, 5.41) is 0. The zero-order chi connectivity index (χ0) is 13.7. The fraction of sp³-hybridized carbons (Fsp3) is 0.462. The number of benzene rings is 1. The lowest BCUT2D eigenvalue weighted by atomic mass is 10.0. The molecular formula is C13H16NO3PS. The largest absolute Gasteiger partial charge is 0.470 e. The maximum Gasteiger partial charge on any atom is 0.196 e. The van der Waals surface area contributed by atoms with E-state index in [2.05, 4.69) is 17.1 Å². The van der Waals surface area contributed by atoms with Gasteiger partial charge in [-0.3, -0.25) is 4.57 Å². The summed E-state index contributed by atoms with van der Waals surface area (Å²) in [6.45, 7) is 0.494. The predicted octanol–water partition coefficient (Wildman–Crippen LogP) is 3.19. The molecule has 1 heterocycles. The Morgan fingerprint density at radius 3 is 2.74 bits per heavy atom. The molecule has 4 nitrogen and oxygen atoms in total. The van der Waals surface area contributed by atoms with Crippen molar-refractivity contribution in [3.63, 3.8) is 0 Å². The van der Waals surface area contributed by atoms with Crippen molar-refractivity contribution >= 4 is 26.1 Å². The SMILES string of the molecule is COCC1N=C(CP=O)OC1c1ccc(SC)cc1. The molecule has 0 radical (unpaired) electrons. The number of ether oxygens (including phenoxy) is 2. The van der Waals surface area contributed by atoms with E-state index in [0.717, 1.165) is 5.56 Å². The van der Waals surface area contributed by atoms with Crippen LogP contribution in [0.1, 0.15) is 11.7 Å². The zero-order valence-electron chi connectivity index (χ0n) is 10.9. The van der Waals surface area contributed by atoms with Crippen molar-refractivity contribution in [2.75, 3.05) is 26.1 Å². The van der Waals surface area contributed by atoms with Crippen LogP contribution in [-0.2, 0) is 14.0 Å². The number of methoxy groups -OCH3 is 1. The van der Waals surface area contributed by atoms with Gasteiger partial charge in [0.05, 0.1) is 6.61 Å². The molecule has 0 spiro atoms. The lowest BCUT2D eigenvalue weighted by Gasteiger charge is -2.17. The highest BCUT2D eigenvalue weighted by Gasteiger charge is 2.32. The van der Waals surface area contributed by atoms with Gasteiger partial charge in [0.2, 0.25) is 0 Å². The van der Waals surface area contributed by atoms with Crippen LogP contribution in [0.25, 0.3) is 0 Å². The third kappa shape index (κ3) is 3.56. The number of rotatable bonds is 6. The van der Waals surface area contributed by atoms with Gasteiger partial charge in [-0.2, -0.15) is 0 Å². The van der Waals surface area contributed by atoms with Crippen LogP contribution in [0.5, 0.6) is 0 Å². The van der Waals surface area contributed by atoms with E-state index in [9.17, 15) is 4.57 Å². The Morgan fingerprint density at radius 2 is 2.16 bits per heavy atom. The molecule has 0 bridgehead atoms. The van der Waals surface area contributed by atoms with Gasteiger partial charge >= 0.3 is 0 Å². The molecule has 0 aliphatic carbocycles. The molecule has 0 saturated heterocycles. The van der Waals surface area contributed by atoms with Crippen LogP contribution in [0.2, 0.25) is 0 Å². The van der Waals surface area contributed by atoms with E-state index < -0.39 is 0 Å². The first-order valence-corrected chi connectivity index (χ1v) is 8.16. The van der Waals surface area contributed by atoms with Crippen LogP contribution in [0.15, 0.2) is 34.2 Å². The molecule has 0 N–H and O–H groups in total. The first-order valence-electron chi connectivity index (χ1n) is 5.93. The van der Waals surface area contributed by atoms with Crippen LogP contribution in [0.3, 0.4) is 0 Å². The van der Waals surface area contributed by atoms with Crippen molar-refractivity contribution in [2.24, 2.45) is 4.99 Å². The van der Waals surface area contributed by atoms with Gasteiger partial charge in [0, 0.05) is 12.0 Å². The third-order valence-electron chi connectivity index (χ3n) is 2.90. The molecular weight excluding hydrogens is 281 g/mol. The monoisotopic (exact) mass is 297 g/mol. The molecule has 1 aliphatic heterocycles. The molecule has 2 unspecified atom stereocenters.